The number of carbonyl (C=O) groups is 1. The maximum atomic E-state index is 11.7. The lowest BCUT2D eigenvalue weighted by atomic mass is 10.4. The summed E-state index contributed by atoms with van der Waals surface area (Å²) in [6.07, 6.45) is 4.43. The van der Waals surface area contributed by atoms with Crippen molar-refractivity contribution in [3.05, 3.63) is 18.0 Å². The van der Waals surface area contributed by atoms with E-state index in [1.54, 1.807) is 0 Å². The number of halogens is 1. The Morgan fingerprint density at radius 3 is 2.85 bits per heavy atom. The second-order valence-electron chi connectivity index (χ2n) is 4.81. The number of hydrogen-bond donors (Lipinski definition) is 2. The van der Waals surface area contributed by atoms with E-state index in [0.717, 1.165) is 18.9 Å². The van der Waals surface area contributed by atoms with Crippen molar-refractivity contribution in [1.82, 2.24) is 10.3 Å². The third-order valence-corrected chi connectivity index (χ3v) is 4.32. The van der Waals surface area contributed by atoms with E-state index in [-0.39, 0.29) is 16.5 Å². The first-order valence-electron chi connectivity index (χ1n) is 6.46. The number of aromatic nitrogens is 1. The van der Waals surface area contributed by atoms with Crippen LogP contribution in [0.15, 0.2) is 17.2 Å². The summed E-state index contributed by atoms with van der Waals surface area (Å²) in [5, 5.41) is 2.68. The van der Waals surface area contributed by atoms with E-state index < -0.39 is 9.05 Å². The zero-order valence-corrected chi connectivity index (χ0v) is 12.5. The van der Waals surface area contributed by atoms with Gasteiger partial charge in [-0.2, -0.15) is 0 Å². The van der Waals surface area contributed by atoms with Crippen molar-refractivity contribution in [1.29, 1.82) is 0 Å². The van der Waals surface area contributed by atoms with Gasteiger partial charge in [0.2, 0.25) is 0 Å². The molecule has 0 bridgehead atoms. The first-order valence-corrected chi connectivity index (χ1v) is 8.77. The highest BCUT2D eigenvalue weighted by Crippen LogP contribution is 2.28. The van der Waals surface area contributed by atoms with E-state index in [0.29, 0.717) is 13.2 Å². The lowest BCUT2D eigenvalue weighted by Gasteiger charge is -2.04. The van der Waals surface area contributed by atoms with Crippen molar-refractivity contribution in [3.8, 4) is 0 Å². The van der Waals surface area contributed by atoms with Crippen LogP contribution in [-0.4, -0.2) is 39.1 Å². The number of ether oxygens (including phenoxy) is 1. The zero-order valence-electron chi connectivity index (χ0n) is 10.9. The van der Waals surface area contributed by atoms with E-state index in [2.05, 4.69) is 10.3 Å². The van der Waals surface area contributed by atoms with Gasteiger partial charge in [0.05, 0.1) is 0 Å². The predicted molar refractivity (Wildman–Crippen MR) is 74.3 cm³/mol. The first-order chi connectivity index (χ1) is 9.47. The standard InChI is InChI=1S/C12H17ClN2O4S/c13-20(17,18)10-6-11(15-7-10)12(16)14-4-1-5-19-8-9-2-3-9/h6-7,9,15H,1-5,8H2,(H,14,16). The van der Waals surface area contributed by atoms with Crippen LogP contribution >= 0.6 is 10.7 Å². The Kier molecular flexibility index (Phi) is 5.06. The predicted octanol–water partition coefficient (Wildman–Crippen LogP) is 1.49. The van der Waals surface area contributed by atoms with Gasteiger partial charge in [-0.05, 0) is 31.2 Å². The van der Waals surface area contributed by atoms with Crippen LogP contribution in [0.1, 0.15) is 29.8 Å². The molecule has 1 aliphatic carbocycles. The Labute approximate surface area is 122 Å². The van der Waals surface area contributed by atoms with Crippen LogP contribution in [0.25, 0.3) is 0 Å². The molecule has 1 aromatic heterocycles. The van der Waals surface area contributed by atoms with Crippen LogP contribution < -0.4 is 5.32 Å². The smallest absolute Gasteiger partial charge is 0.267 e. The van der Waals surface area contributed by atoms with Gasteiger partial charge in [0.25, 0.3) is 15.0 Å². The number of carbonyl (C=O) groups excluding carboxylic acids is 1. The average Bonchev–Trinajstić information content (AvgIpc) is 3.04. The summed E-state index contributed by atoms with van der Waals surface area (Å²) < 4.78 is 27.6. The molecule has 0 unspecified atom stereocenters. The molecule has 0 spiro atoms. The Balaban J connectivity index is 1.67. The Hall–Kier alpha value is -1.05. The zero-order chi connectivity index (χ0) is 14.6. The molecular formula is C12H17ClN2O4S. The number of nitrogens with one attached hydrogen (secondary N) is 2. The maximum absolute atomic E-state index is 11.7. The Morgan fingerprint density at radius 2 is 2.25 bits per heavy atom. The summed E-state index contributed by atoms with van der Waals surface area (Å²) in [4.78, 5) is 14.2. The fourth-order valence-corrected chi connectivity index (χ4v) is 2.38. The highest BCUT2D eigenvalue weighted by Gasteiger charge is 2.20. The number of rotatable bonds is 8. The fourth-order valence-electron chi connectivity index (χ4n) is 1.65. The fraction of sp³-hybridized carbons (Fsp3) is 0.583. The molecule has 2 rings (SSSR count). The third-order valence-electron chi connectivity index (χ3n) is 2.98. The normalized spacial score (nSPS) is 15.2. The second kappa shape index (κ2) is 6.60. The molecule has 1 amide bonds. The molecule has 1 heterocycles. The molecule has 0 aliphatic heterocycles. The van der Waals surface area contributed by atoms with Gasteiger partial charge in [-0.25, -0.2) is 8.42 Å². The molecule has 0 atom stereocenters. The van der Waals surface area contributed by atoms with Gasteiger partial charge in [0.1, 0.15) is 10.6 Å². The number of aromatic amines is 1. The molecule has 0 aromatic carbocycles. The summed E-state index contributed by atoms with van der Waals surface area (Å²) in [7, 11) is 1.36. The van der Waals surface area contributed by atoms with E-state index in [1.165, 1.54) is 25.1 Å². The highest BCUT2D eigenvalue weighted by molar-refractivity contribution is 8.13. The monoisotopic (exact) mass is 320 g/mol. The molecule has 6 nitrogen and oxygen atoms in total. The van der Waals surface area contributed by atoms with Gasteiger partial charge >= 0.3 is 0 Å². The summed E-state index contributed by atoms with van der Waals surface area (Å²) in [5.41, 5.74) is 0.170. The average molecular weight is 321 g/mol. The van der Waals surface area contributed by atoms with Crippen molar-refractivity contribution in [2.45, 2.75) is 24.2 Å². The molecule has 112 valence electrons. The molecule has 1 saturated carbocycles. The minimum atomic E-state index is -3.81. The number of amides is 1. The van der Waals surface area contributed by atoms with Crippen LogP contribution in [0.3, 0.4) is 0 Å². The van der Waals surface area contributed by atoms with Crippen LogP contribution in [-0.2, 0) is 13.8 Å². The molecule has 1 aromatic rings. The number of H-pyrrole nitrogens is 1. The molecule has 1 fully saturated rings. The van der Waals surface area contributed by atoms with Gasteiger partial charge < -0.3 is 15.0 Å². The molecule has 1 aliphatic rings. The van der Waals surface area contributed by atoms with Crippen LogP contribution in [0.2, 0.25) is 0 Å². The molecule has 0 radical (unpaired) electrons. The highest BCUT2D eigenvalue weighted by atomic mass is 35.7. The van der Waals surface area contributed by atoms with Crippen molar-refractivity contribution < 1.29 is 17.9 Å². The van der Waals surface area contributed by atoms with Gasteiger partial charge in [0, 0.05) is 36.6 Å². The van der Waals surface area contributed by atoms with Crippen molar-refractivity contribution >= 4 is 25.6 Å². The Morgan fingerprint density at radius 1 is 1.50 bits per heavy atom. The Bertz CT molecular complexity index is 566. The van der Waals surface area contributed by atoms with Crippen LogP contribution in [0.5, 0.6) is 0 Å². The van der Waals surface area contributed by atoms with E-state index in [4.69, 9.17) is 15.4 Å². The minimum Gasteiger partial charge on any atom is -0.381 e. The van der Waals surface area contributed by atoms with Gasteiger partial charge in [-0.1, -0.05) is 0 Å². The van der Waals surface area contributed by atoms with Crippen molar-refractivity contribution in [2.75, 3.05) is 19.8 Å². The SMILES string of the molecule is O=C(NCCCOCC1CC1)c1cc(S(=O)(=O)Cl)c[nH]1. The van der Waals surface area contributed by atoms with E-state index in [9.17, 15) is 13.2 Å². The van der Waals surface area contributed by atoms with Crippen LogP contribution in [0.4, 0.5) is 0 Å². The molecular weight excluding hydrogens is 304 g/mol. The van der Waals surface area contributed by atoms with Gasteiger partial charge in [0.15, 0.2) is 0 Å². The molecule has 2 N–H and O–H groups in total. The largest absolute Gasteiger partial charge is 0.381 e. The van der Waals surface area contributed by atoms with Crippen molar-refractivity contribution in [2.24, 2.45) is 5.92 Å². The topological polar surface area (TPSA) is 88.3 Å². The quantitative estimate of drug-likeness (QED) is 0.561. The van der Waals surface area contributed by atoms with E-state index in [1.807, 2.05) is 0 Å². The summed E-state index contributed by atoms with van der Waals surface area (Å²) >= 11 is 0. The first kappa shape index (κ1) is 15.3. The van der Waals surface area contributed by atoms with Gasteiger partial charge in [-0.3, -0.25) is 4.79 Å². The lowest BCUT2D eigenvalue weighted by molar-refractivity contribution is 0.0933. The summed E-state index contributed by atoms with van der Waals surface area (Å²) in [6, 6.07) is 1.21. The van der Waals surface area contributed by atoms with Crippen LogP contribution in [0, 0.1) is 5.92 Å². The van der Waals surface area contributed by atoms with Gasteiger partial charge in [-0.15, -0.1) is 0 Å². The third kappa shape index (κ3) is 4.81. The number of hydrogen-bond acceptors (Lipinski definition) is 4. The van der Waals surface area contributed by atoms with Crippen molar-refractivity contribution in [3.63, 3.8) is 0 Å². The second-order valence-corrected chi connectivity index (χ2v) is 7.38. The maximum Gasteiger partial charge on any atom is 0.267 e. The summed E-state index contributed by atoms with van der Waals surface area (Å²) in [6.45, 7) is 1.90. The van der Waals surface area contributed by atoms with E-state index >= 15 is 0 Å². The molecule has 0 saturated heterocycles. The molecule has 20 heavy (non-hydrogen) atoms. The summed E-state index contributed by atoms with van der Waals surface area (Å²) in [5.74, 6) is 0.373. The lowest BCUT2D eigenvalue weighted by Crippen LogP contribution is -2.25. The molecule has 8 heteroatoms. The minimum absolute atomic E-state index is 0.114.